The van der Waals surface area contributed by atoms with Crippen molar-refractivity contribution in [1.82, 2.24) is 0 Å². The number of hydrogen-bond donors (Lipinski definition) is 0. The van der Waals surface area contributed by atoms with Gasteiger partial charge in [-0.25, -0.2) is 8.42 Å². The van der Waals surface area contributed by atoms with Crippen molar-refractivity contribution >= 4 is 27.4 Å². The molecule has 0 radical (unpaired) electrons. The van der Waals surface area contributed by atoms with E-state index in [-0.39, 0.29) is 23.3 Å². The summed E-state index contributed by atoms with van der Waals surface area (Å²) >= 11 is 1.73. The van der Waals surface area contributed by atoms with Crippen molar-refractivity contribution in [3.05, 3.63) is 46.9 Å². The summed E-state index contributed by atoms with van der Waals surface area (Å²) in [4.78, 5) is 11.9. The van der Waals surface area contributed by atoms with Gasteiger partial charge in [-0.05, 0) is 44.7 Å². The molecule has 0 N–H and O–H groups in total. The molecule has 2 heterocycles. The Kier molecular flexibility index (Phi) is 24.6. The number of unbranched alkanes of at least 4 members (excludes halogenated alkanes) is 18. The minimum atomic E-state index is -4.27. The van der Waals surface area contributed by atoms with Crippen molar-refractivity contribution in [2.45, 2.75) is 179 Å². The van der Waals surface area contributed by atoms with Crippen molar-refractivity contribution in [3.63, 3.8) is 0 Å². The maximum Gasteiger partial charge on any atom is 0.305 e. The molecular formula is C39H65NO7S2. The minimum Gasteiger partial charge on any atom is -0.744 e. The molecule has 2 aromatic rings. The number of ether oxygens (including phenoxy) is 3. The first kappa shape index (κ1) is 43.3. The summed E-state index contributed by atoms with van der Waals surface area (Å²) < 4.78 is 50.5. The monoisotopic (exact) mass is 723 g/mol. The van der Waals surface area contributed by atoms with E-state index < -0.39 is 10.1 Å². The first-order chi connectivity index (χ1) is 23.8. The van der Waals surface area contributed by atoms with Crippen molar-refractivity contribution in [1.29, 1.82) is 0 Å². The number of carbonyl (C=O) groups is 1. The fraction of sp³-hybridized carbons (Fsp3) is 0.744. The smallest absolute Gasteiger partial charge is 0.305 e. The lowest BCUT2D eigenvalue weighted by Crippen LogP contribution is -2.29. The van der Waals surface area contributed by atoms with Crippen LogP contribution in [0.15, 0.2) is 46.2 Å². The molecule has 0 saturated carbocycles. The van der Waals surface area contributed by atoms with Crippen LogP contribution in [0.5, 0.6) is 0 Å². The standard InChI is InChI=1S/C32H58NO4S.C7H8O3S/c1-2-3-4-5-6-7-8-9-10-11-12-13-14-17-20-23-32-36-28-30(37-32)27-35-31(34)22-19-16-15-18-21-24-33-25-26-38-29-33;1-6-2-4-7(5-3-6)11(8,9)10/h25-26,29-30,32H,2-24,27-28H2,1H3;2-5H,1H3,(H,8,9,10)/q+1;/p-1/t30-,32-;/m1./s1. The van der Waals surface area contributed by atoms with Crippen molar-refractivity contribution in [2.75, 3.05) is 13.2 Å². The van der Waals surface area contributed by atoms with Gasteiger partial charge in [0, 0.05) is 12.8 Å². The van der Waals surface area contributed by atoms with Crippen LogP contribution < -0.4 is 4.57 Å². The Hall–Kier alpha value is -1.85. The van der Waals surface area contributed by atoms with Gasteiger partial charge in [0.1, 0.15) is 29.4 Å². The zero-order valence-corrected chi connectivity index (χ0v) is 32.1. The number of aromatic nitrogens is 1. The number of rotatable bonds is 27. The molecule has 0 amide bonds. The summed E-state index contributed by atoms with van der Waals surface area (Å²) in [5, 5.41) is 2.11. The topological polar surface area (TPSA) is 106 Å². The predicted octanol–water partition coefficient (Wildman–Crippen LogP) is 9.82. The van der Waals surface area contributed by atoms with Gasteiger partial charge in [0.25, 0.3) is 0 Å². The number of esters is 1. The first-order valence-electron chi connectivity index (χ1n) is 19.1. The molecule has 8 nitrogen and oxygen atoms in total. The Morgan fingerprint density at radius 3 is 1.94 bits per heavy atom. The van der Waals surface area contributed by atoms with E-state index in [0.717, 1.165) is 37.8 Å². The molecule has 1 fully saturated rings. The molecule has 49 heavy (non-hydrogen) atoms. The van der Waals surface area contributed by atoms with Gasteiger partial charge in [0.15, 0.2) is 12.5 Å². The SMILES string of the molecule is CCCCCCCCCCCCCCCCC[C@@H]1OC[C@@H](COC(=O)CCCCCCC[n+]2ccsc2)O1.Cc1ccc(S(=O)(=O)[O-])cc1. The van der Waals surface area contributed by atoms with Gasteiger partial charge in [0.05, 0.1) is 16.9 Å². The Morgan fingerprint density at radius 2 is 1.39 bits per heavy atom. The Balaban J connectivity index is 0.000000639. The van der Waals surface area contributed by atoms with Crippen molar-refractivity contribution in [3.8, 4) is 0 Å². The Bertz CT molecular complexity index is 1170. The average Bonchev–Trinajstić information content (AvgIpc) is 3.78. The third kappa shape index (κ3) is 23.3. The van der Waals surface area contributed by atoms with Gasteiger partial charge in [-0.1, -0.05) is 139 Å². The van der Waals surface area contributed by atoms with E-state index in [4.69, 9.17) is 14.2 Å². The van der Waals surface area contributed by atoms with E-state index in [0.29, 0.717) is 19.6 Å². The molecule has 10 heteroatoms. The summed E-state index contributed by atoms with van der Waals surface area (Å²) in [5.41, 5.74) is 3.08. The molecular weight excluding hydrogens is 659 g/mol. The maximum atomic E-state index is 12.0. The van der Waals surface area contributed by atoms with Crippen LogP contribution >= 0.6 is 11.3 Å². The predicted molar refractivity (Wildman–Crippen MR) is 196 cm³/mol. The molecule has 0 unspecified atom stereocenters. The molecule has 1 saturated heterocycles. The second kappa shape index (κ2) is 27.8. The molecule has 1 aromatic carbocycles. The molecule has 3 rings (SSSR count). The normalized spacial score (nSPS) is 16.0. The van der Waals surface area contributed by atoms with Gasteiger partial charge >= 0.3 is 5.97 Å². The van der Waals surface area contributed by atoms with E-state index in [1.54, 1.807) is 23.5 Å². The highest BCUT2D eigenvalue weighted by molar-refractivity contribution is 7.85. The molecule has 0 bridgehead atoms. The van der Waals surface area contributed by atoms with Crippen LogP contribution in [0.1, 0.15) is 154 Å². The number of aryl methyl sites for hydroxylation is 2. The maximum absolute atomic E-state index is 12.0. The first-order valence-corrected chi connectivity index (χ1v) is 21.5. The van der Waals surface area contributed by atoms with Crippen LogP contribution in [0, 0.1) is 6.92 Å². The fourth-order valence-corrected chi connectivity index (χ4v) is 6.97. The molecule has 0 spiro atoms. The zero-order chi connectivity index (χ0) is 35.4. The molecule has 1 aliphatic rings. The van der Waals surface area contributed by atoms with Crippen LogP contribution in [0.2, 0.25) is 0 Å². The van der Waals surface area contributed by atoms with E-state index in [1.807, 2.05) is 6.92 Å². The summed E-state index contributed by atoms with van der Waals surface area (Å²) in [6.45, 7) is 6.06. The van der Waals surface area contributed by atoms with Gasteiger partial charge in [-0.15, -0.1) is 0 Å². The van der Waals surface area contributed by atoms with Crippen LogP contribution in [0.4, 0.5) is 0 Å². The highest BCUT2D eigenvalue weighted by Gasteiger charge is 2.26. The minimum absolute atomic E-state index is 0.102. The van der Waals surface area contributed by atoms with E-state index in [9.17, 15) is 17.8 Å². The van der Waals surface area contributed by atoms with Crippen molar-refractivity contribution in [2.24, 2.45) is 0 Å². The largest absolute Gasteiger partial charge is 0.744 e. The fourth-order valence-electron chi connectivity index (χ4n) is 5.87. The van der Waals surface area contributed by atoms with Gasteiger partial charge in [0.2, 0.25) is 5.51 Å². The third-order valence-electron chi connectivity index (χ3n) is 8.92. The number of benzene rings is 1. The summed E-state index contributed by atoms with van der Waals surface area (Å²) in [6.07, 6.45) is 29.6. The zero-order valence-electron chi connectivity index (χ0n) is 30.5. The summed E-state index contributed by atoms with van der Waals surface area (Å²) in [5.74, 6) is -0.103. The highest BCUT2D eigenvalue weighted by atomic mass is 32.2. The van der Waals surface area contributed by atoms with E-state index in [2.05, 4.69) is 28.6 Å². The average molecular weight is 724 g/mol. The molecule has 0 aliphatic carbocycles. The molecule has 2 atom stereocenters. The number of carbonyl (C=O) groups excluding carboxylic acids is 1. The van der Waals surface area contributed by atoms with Crippen LogP contribution in [-0.2, 0) is 35.7 Å². The van der Waals surface area contributed by atoms with E-state index in [1.165, 1.54) is 121 Å². The molecule has 1 aromatic heterocycles. The highest BCUT2D eigenvalue weighted by Crippen LogP contribution is 2.19. The van der Waals surface area contributed by atoms with Crippen LogP contribution in [-0.4, -0.2) is 44.5 Å². The molecule has 280 valence electrons. The summed E-state index contributed by atoms with van der Waals surface area (Å²) in [6, 6.07) is 5.78. The lowest BCUT2D eigenvalue weighted by molar-refractivity contribution is -0.692. The van der Waals surface area contributed by atoms with E-state index >= 15 is 0 Å². The van der Waals surface area contributed by atoms with Crippen molar-refractivity contribution < 1.29 is 36.5 Å². The molecule has 1 aliphatic heterocycles. The number of nitrogens with zero attached hydrogens (tertiary/aromatic N) is 1. The van der Waals surface area contributed by atoms with Gasteiger partial charge in [-0.2, -0.15) is 4.57 Å². The third-order valence-corrected chi connectivity index (χ3v) is 10.4. The summed E-state index contributed by atoms with van der Waals surface area (Å²) in [7, 11) is -4.27. The Labute approximate surface area is 302 Å². The number of hydrogen-bond acceptors (Lipinski definition) is 8. The van der Waals surface area contributed by atoms with Gasteiger partial charge in [-0.3, -0.25) is 4.79 Å². The second-order valence-electron chi connectivity index (χ2n) is 13.5. The lowest BCUT2D eigenvalue weighted by Gasteiger charge is -2.12. The second-order valence-corrected chi connectivity index (χ2v) is 15.6. The van der Waals surface area contributed by atoms with Crippen LogP contribution in [0.3, 0.4) is 0 Å². The Morgan fingerprint density at radius 1 is 0.837 bits per heavy atom. The lowest BCUT2D eigenvalue weighted by atomic mass is 10.0. The van der Waals surface area contributed by atoms with Gasteiger partial charge < -0.3 is 18.8 Å². The van der Waals surface area contributed by atoms with Crippen LogP contribution in [0.25, 0.3) is 0 Å². The quantitative estimate of drug-likeness (QED) is 0.0391. The number of thiazole rings is 1.